The molecule has 0 bridgehead atoms. The van der Waals surface area contributed by atoms with Gasteiger partial charge in [-0.1, -0.05) is 0 Å². The van der Waals surface area contributed by atoms with E-state index in [1.54, 1.807) is 6.92 Å². The second kappa shape index (κ2) is 3.89. The zero-order valence-electron chi connectivity index (χ0n) is 11.4. The van der Waals surface area contributed by atoms with E-state index in [9.17, 15) is 8.42 Å². The molecule has 0 unspecified atom stereocenters. The molecule has 0 radical (unpaired) electrons. The predicted molar refractivity (Wildman–Crippen MR) is 72.0 cm³/mol. The van der Waals surface area contributed by atoms with Crippen LogP contribution in [0.4, 0.5) is 5.82 Å². The summed E-state index contributed by atoms with van der Waals surface area (Å²) in [5, 5.41) is 0. The summed E-state index contributed by atoms with van der Waals surface area (Å²) in [7, 11) is -1.18. The van der Waals surface area contributed by atoms with Crippen LogP contribution in [0.15, 0.2) is 11.1 Å². The number of hydrogen-bond acceptors (Lipinski definition) is 6. The van der Waals surface area contributed by atoms with Crippen LogP contribution in [0.3, 0.4) is 0 Å². The molecule has 2 aliphatic rings. The first-order valence-corrected chi connectivity index (χ1v) is 8.15. The molecule has 1 aromatic heterocycles. The smallest absolute Gasteiger partial charge is 0.180 e. The maximum absolute atomic E-state index is 11.8. The highest BCUT2D eigenvalue weighted by Gasteiger charge is 2.51. The number of hydrogen-bond donors (Lipinski definition) is 0. The molecule has 0 aromatic carbocycles. The lowest BCUT2D eigenvalue weighted by molar-refractivity contribution is -0.00311. The van der Waals surface area contributed by atoms with E-state index in [-0.39, 0.29) is 4.90 Å². The third-order valence-corrected chi connectivity index (χ3v) is 4.91. The van der Waals surface area contributed by atoms with Crippen LogP contribution in [-0.2, 0) is 9.84 Å². The molecule has 19 heavy (non-hydrogen) atoms. The fourth-order valence-corrected chi connectivity index (χ4v) is 3.90. The van der Waals surface area contributed by atoms with Crippen molar-refractivity contribution in [1.82, 2.24) is 14.9 Å². The van der Waals surface area contributed by atoms with Gasteiger partial charge in [0.2, 0.25) is 0 Å². The third-order valence-electron chi connectivity index (χ3n) is 3.82. The van der Waals surface area contributed by atoms with Crippen LogP contribution in [0, 0.1) is 12.3 Å². The molecular formula is C12H18N4O2S. The third kappa shape index (κ3) is 2.10. The summed E-state index contributed by atoms with van der Waals surface area (Å²) in [6.07, 6.45) is 2.63. The Morgan fingerprint density at radius 3 is 2.42 bits per heavy atom. The molecule has 0 N–H and O–H groups in total. The maximum Gasteiger partial charge on any atom is 0.180 e. The van der Waals surface area contributed by atoms with Gasteiger partial charge in [-0.2, -0.15) is 0 Å². The van der Waals surface area contributed by atoms with Gasteiger partial charge in [0.25, 0.3) is 0 Å². The Hall–Kier alpha value is -1.21. The second-order valence-electron chi connectivity index (χ2n) is 5.91. The van der Waals surface area contributed by atoms with Crippen LogP contribution in [0.5, 0.6) is 0 Å². The van der Waals surface area contributed by atoms with Crippen LogP contribution in [0.25, 0.3) is 0 Å². The Morgan fingerprint density at radius 2 is 1.89 bits per heavy atom. The van der Waals surface area contributed by atoms with Crippen molar-refractivity contribution in [2.75, 3.05) is 44.4 Å². The number of anilines is 1. The summed E-state index contributed by atoms with van der Waals surface area (Å²) >= 11 is 0. The van der Waals surface area contributed by atoms with E-state index in [0.29, 0.717) is 17.1 Å². The number of likely N-dealkylation sites (tertiary alicyclic amines) is 1. The predicted octanol–water partition coefficient (Wildman–Crippen LogP) is -0.0597. The van der Waals surface area contributed by atoms with Crippen molar-refractivity contribution in [3.8, 4) is 0 Å². The van der Waals surface area contributed by atoms with Gasteiger partial charge in [0.05, 0.1) is 6.20 Å². The van der Waals surface area contributed by atoms with Crippen molar-refractivity contribution in [2.45, 2.75) is 11.8 Å². The molecule has 104 valence electrons. The lowest BCUT2D eigenvalue weighted by Gasteiger charge is -2.60. The van der Waals surface area contributed by atoms with E-state index < -0.39 is 9.84 Å². The molecule has 0 saturated carbocycles. The summed E-state index contributed by atoms with van der Waals surface area (Å²) < 4.78 is 23.6. The van der Waals surface area contributed by atoms with Gasteiger partial charge in [0.15, 0.2) is 15.7 Å². The summed E-state index contributed by atoms with van der Waals surface area (Å²) in [6, 6.07) is 0. The van der Waals surface area contributed by atoms with Gasteiger partial charge in [-0.3, -0.25) is 0 Å². The zero-order valence-corrected chi connectivity index (χ0v) is 12.2. The summed E-state index contributed by atoms with van der Waals surface area (Å²) in [5.74, 6) is 1.17. The number of rotatable bonds is 2. The quantitative estimate of drug-likeness (QED) is 0.757. The normalized spacial score (nSPS) is 22.2. The van der Waals surface area contributed by atoms with Gasteiger partial charge in [0.1, 0.15) is 10.7 Å². The second-order valence-corrected chi connectivity index (χ2v) is 7.89. The van der Waals surface area contributed by atoms with Crippen LogP contribution in [0.2, 0.25) is 0 Å². The molecule has 1 aromatic rings. The van der Waals surface area contributed by atoms with Crippen LogP contribution >= 0.6 is 0 Å². The van der Waals surface area contributed by atoms with Crippen molar-refractivity contribution in [1.29, 1.82) is 0 Å². The average Bonchev–Trinajstić information content (AvgIpc) is 2.19. The van der Waals surface area contributed by atoms with Gasteiger partial charge in [-0.25, -0.2) is 18.4 Å². The fraction of sp³-hybridized carbons (Fsp3) is 0.667. The Balaban J connectivity index is 1.88. The van der Waals surface area contributed by atoms with Crippen molar-refractivity contribution in [3.05, 3.63) is 12.0 Å². The number of aryl methyl sites for hydroxylation is 1. The first-order chi connectivity index (χ1) is 8.79. The fourth-order valence-electron chi connectivity index (χ4n) is 3.15. The van der Waals surface area contributed by atoms with E-state index in [2.05, 4.69) is 26.8 Å². The van der Waals surface area contributed by atoms with Crippen LogP contribution < -0.4 is 4.90 Å². The minimum absolute atomic E-state index is 0.237. The standard InChI is InChI=1S/C12H18N4O2S/c1-9-13-4-10(19(3,17)18)11(14-9)16-7-12(8-16)5-15(2)6-12/h4H,5-8H2,1-3H3. The monoisotopic (exact) mass is 282 g/mol. The molecule has 0 amide bonds. The lowest BCUT2D eigenvalue weighted by Crippen LogP contribution is -2.71. The first-order valence-electron chi connectivity index (χ1n) is 6.26. The highest BCUT2D eigenvalue weighted by molar-refractivity contribution is 7.90. The van der Waals surface area contributed by atoms with Crippen molar-refractivity contribution < 1.29 is 8.42 Å². The molecule has 1 spiro atoms. The molecule has 0 atom stereocenters. The molecule has 3 rings (SSSR count). The van der Waals surface area contributed by atoms with Gasteiger partial charge >= 0.3 is 0 Å². The molecule has 2 saturated heterocycles. The van der Waals surface area contributed by atoms with E-state index in [0.717, 1.165) is 26.2 Å². The lowest BCUT2D eigenvalue weighted by atomic mass is 9.73. The van der Waals surface area contributed by atoms with E-state index in [1.165, 1.54) is 12.5 Å². The van der Waals surface area contributed by atoms with Gasteiger partial charge in [0, 0.05) is 37.8 Å². The Labute approximate surface area is 113 Å². The van der Waals surface area contributed by atoms with E-state index in [4.69, 9.17) is 0 Å². The van der Waals surface area contributed by atoms with Gasteiger partial charge in [-0.05, 0) is 14.0 Å². The number of nitrogens with zero attached hydrogens (tertiary/aromatic N) is 4. The maximum atomic E-state index is 11.8. The Morgan fingerprint density at radius 1 is 1.26 bits per heavy atom. The molecule has 0 aliphatic carbocycles. The molecular weight excluding hydrogens is 264 g/mol. The minimum atomic E-state index is -3.29. The van der Waals surface area contributed by atoms with Crippen LogP contribution in [0.1, 0.15) is 5.82 Å². The topological polar surface area (TPSA) is 66.4 Å². The van der Waals surface area contributed by atoms with E-state index in [1.807, 2.05) is 0 Å². The number of aromatic nitrogens is 2. The zero-order chi connectivity index (χ0) is 13.8. The minimum Gasteiger partial charge on any atom is -0.354 e. The summed E-state index contributed by atoms with van der Waals surface area (Å²) in [6.45, 7) is 5.72. The highest BCUT2D eigenvalue weighted by atomic mass is 32.2. The van der Waals surface area contributed by atoms with Crippen molar-refractivity contribution >= 4 is 15.7 Å². The van der Waals surface area contributed by atoms with Crippen molar-refractivity contribution in [3.63, 3.8) is 0 Å². The molecule has 2 fully saturated rings. The Kier molecular flexibility index (Phi) is 2.62. The molecule has 6 nitrogen and oxygen atoms in total. The summed E-state index contributed by atoms with van der Waals surface area (Å²) in [4.78, 5) is 12.9. The van der Waals surface area contributed by atoms with Gasteiger partial charge in [-0.15, -0.1) is 0 Å². The van der Waals surface area contributed by atoms with Crippen molar-refractivity contribution in [2.24, 2.45) is 5.41 Å². The van der Waals surface area contributed by atoms with Crippen LogP contribution in [-0.4, -0.2) is 62.8 Å². The number of sulfone groups is 1. The average molecular weight is 282 g/mol. The summed E-state index contributed by atoms with van der Waals surface area (Å²) in [5.41, 5.74) is 0.350. The first kappa shape index (κ1) is 12.8. The Bertz CT molecular complexity index is 615. The highest BCUT2D eigenvalue weighted by Crippen LogP contribution is 2.41. The molecule has 2 aliphatic heterocycles. The largest absolute Gasteiger partial charge is 0.354 e. The SMILES string of the molecule is Cc1ncc(S(C)(=O)=O)c(N2CC3(CN(C)C3)C2)n1. The molecule has 3 heterocycles. The molecule has 7 heteroatoms. The van der Waals surface area contributed by atoms with Gasteiger partial charge < -0.3 is 9.80 Å². The van der Waals surface area contributed by atoms with E-state index >= 15 is 0 Å².